The Morgan fingerprint density at radius 1 is 1.08 bits per heavy atom. The number of carbonyl (C=O) groups excluding carboxylic acids is 2. The van der Waals surface area contributed by atoms with Crippen LogP contribution in [0.1, 0.15) is 75.2 Å². The van der Waals surface area contributed by atoms with E-state index in [1.807, 2.05) is 13.0 Å². The molecule has 2 aromatic rings. The van der Waals surface area contributed by atoms with E-state index in [1.165, 1.54) is 20.1 Å². The lowest BCUT2D eigenvalue weighted by molar-refractivity contribution is -0.129. The third-order valence-electron chi connectivity index (χ3n) is 7.86. The maximum absolute atomic E-state index is 14.9. The van der Waals surface area contributed by atoms with E-state index in [1.54, 1.807) is 12.3 Å². The first-order valence-electron chi connectivity index (χ1n) is 13.7. The summed E-state index contributed by atoms with van der Waals surface area (Å²) in [5.74, 6) is 0.174. The first-order chi connectivity index (χ1) is 18.7. The van der Waals surface area contributed by atoms with Gasteiger partial charge < -0.3 is 35.5 Å². The molecule has 10 heteroatoms. The van der Waals surface area contributed by atoms with Gasteiger partial charge >= 0.3 is 0 Å². The molecule has 2 amide bonds. The van der Waals surface area contributed by atoms with Crippen LogP contribution in [-0.4, -0.2) is 53.8 Å². The quantitative estimate of drug-likeness (QED) is 0.333. The van der Waals surface area contributed by atoms with Gasteiger partial charge in [-0.3, -0.25) is 9.59 Å². The fourth-order valence-electron chi connectivity index (χ4n) is 5.43. The van der Waals surface area contributed by atoms with Crippen molar-refractivity contribution in [3.05, 3.63) is 52.7 Å². The number of rotatable bonds is 9. The fraction of sp³-hybridized carbons (Fsp3) is 0.517. The van der Waals surface area contributed by atoms with E-state index in [4.69, 9.17) is 9.47 Å². The number of H-pyrrole nitrogens is 1. The van der Waals surface area contributed by atoms with Gasteiger partial charge in [-0.25, -0.2) is 4.39 Å². The van der Waals surface area contributed by atoms with Crippen LogP contribution in [0.15, 0.2) is 30.1 Å². The molecule has 2 atom stereocenters. The fourth-order valence-corrected chi connectivity index (χ4v) is 5.43. The van der Waals surface area contributed by atoms with E-state index in [0.29, 0.717) is 40.8 Å². The van der Waals surface area contributed by atoms with Gasteiger partial charge in [-0.1, -0.05) is 0 Å². The van der Waals surface area contributed by atoms with E-state index in [-0.39, 0.29) is 29.6 Å². The lowest BCUT2D eigenvalue weighted by Crippen LogP contribution is -2.46. The molecule has 0 bridgehead atoms. The number of aromatic nitrogens is 1. The highest BCUT2D eigenvalue weighted by atomic mass is 19.1. The van der Waals surface area contributed by atoms with Crippen molar-refractivity contribution < 1.29 is 28.6 Å². The van der Waals surface area contributed by atoms with Gasteiger partial charge in [0.2, 0.25) is 5.91 Å². The average Bonchev–Trinajstić information content (AvgIpc) is 3.62. The predicted molar refractivity (Wildman–Crippen MR) is 144 cm³/mol. The molecule has 2 saturated carbocycles. The van der Waals surface area contributed by atoms with Crippen LogP contribution in [0.5, 0.6) is 11.5 Å². The summed E-state index contributed by atoms with van der Waals surface area (Å²) in [6, 6.07) is 4.51. The number of hydrogen-bond donors (Lipinski definition) is 5. The van der Waals surface area contributed by atoms with Gasteiger partial charge in [-0.2, -0.15) is 0 Å². The zero-order valence-electron chi connectivity index (χ0n) is 22.6. The molecule has 5 rings (SSSR count). The van der Waals surface area contributed by atoms with Gasteiger partial charge in [0.25, 0.3) is 5.91 Å². The number of benzene rings is 1. The largest absolute Gasteiger partial charge is 0.494 e. The Balaban J connectivity index is 1.32. The number of aromatic amines is 1. The first-order valence-corrected chi connectivity index (χ1v) is 13.7. The summed E-state index contributed by atoms with van der Waals surface area (Å²) in [6.07, 6.45) is 5.92. The van der Waals surface area contributed by atoms with Crippen molar-refractivity contribution in [3.63, 3.8) is 0 Å². The number of aliphatic hydroxyl groups is 1. The van der Waals surface area contributed by atoms with Gasteiger partial charge in [-0.15, -0.1) is 0 Å². The van der Waals surface area contributed by atoms with Gasteiger partial charge in [0, 0.05) is 41.2 Å². The minimum atomic E-state index is -1.04. The SMILES string of the molecule is COc1cc(OCC2CC2)c(C2NC(C)=C(C(=O)NC3CCC(NC(=O)C(C)O)CC3)c3[nH]ccc32)cc1F. The summed E-state index contributed by atoms with van der Waals surface area (Å²) in [5.41, 5.74) is 3.36. The van der Waals surface area contributed by atoms with Crippen molar-refractivity contribution in [2.75, 3.05) is 13.7 Å². The topological polar surface area (TPSA) is 125 Å². The van der Waals surface area contributed by atoms with Crippen molar-refractivity contribution in [2.45, 2.75) is 76.6 Å². The van der Waals surface area contributed by atoms with Gasteiger partial charge in [0.05, 0.1) is 31.0 Å². The highest BCUT2D eigenvalue weighted by Gasteiger charge is 2.34. The second kappa shape index (κ2) is 11.3. The number of carbonyl (C=O) groups is 2. The second-order valence-electron chi connectivity index (χ2n) is 10.9. The molecule has 2 fully saturated rings. The van der Waals surface area contributed by atoms with E-state index < -0.39 is 18.0 Å². The van der Waals surface area contributed by atoms with Crippen LogP contribution >= 0.6 is 0 Å². The second-order valence-corrected chi connectivity index (χ2v) is 10.9. The number of methoxy groups -OCH3 is 1. The number of hydrogen-bond acceptors (Lipinski definition) is 6. The molecule has 2 unspecified atom stereocenters. The van der Waals surface area contributed by atoms with E-state index in [9.17, 15) is 19.1 Å². The summed E-state index contributed by atoms with van der Waals surface area (Å²) in [5, 5.41) is 18.9. The maximum atomic E-state index is 14.9. The number of halogens is 1. The Morgan fingerprint density at radius 2 is 1.77 bits per heavy atom. The van der Waals surface area contributed by atoms with Crippen LogP contribution < -0.4 is 25.4 Å². The standard InChI is InChI=1S/C29H37FN4O5/c1-15-25(29(37)34-19-8-6-18(7-9-19)33-28(36)16(2)35)27-20(10-11-31-27)26(32-15)21-12-22(30)24(38-3)13-23(21)39-14-17-4-5-17/h10-13,16-19,26,31-32,35H,4-9,14H2,1-3H3,(H,33,36)(H,34,37). The molecule has 5 N–H and O–H groups in total. The summed E-state index contributed by atoms with van der Waals surface area (Å²) in [6.45, 7) is 3.86. The number of aliphatic hydroxyl groups excluding tert-OH is 1. The Bertz CT molecular complexity index is 1260. The van der Waals surface area contributed by atoms with Crippen LogP contribution in [0.4, 0.5) is 4.39 Å². The van der Waals surface area contributed by atoms with Crippen LogP contribution in [-0.2, 0) is 9.59 Å². The number of fused-ring (bicyclic) bond motifs is 1. The first kappa shape index (κ1) is 27.1. The highest BCUT2D eigenvalue weighted by molar-refractivity contribution is 6.20. The minimum Gasteiger partial charge on any atom is -0.494 e. The van der Waals surface area contributed by atoms with Crippen molar-refractivity contribution in [3.8, 4) is 11.5 Å². The third-order valence-corrected chi connectivity index (χ3v) is 7.86. The van der Waals surface area contributed by atoms with Crippen molar-refractivity contribution in [1.29, 1.82) is 0 Å². The molecule has 0 radical (unpaired) electrons. The number of nitrogens with one attached hydrogen (secondary N) is 4. The minimum absolute atomic E-state index is 0.00506. The average molecular weight is 541 g/mol. The van der Waals surface area contributed by atoms with E-state index in [0.717, 1.165) is 44.1 Å². The lowest BCUT2D eigenvalue weighted by atomic mass is 9.89. The Labute approximate surface area is 227 Å². The number of amides is 2. The molecule has 210 valence electrons. The number of allylic oxidation sites excluding steroid dienone is 1. The van der Waals surface area contributed by atoms with Crippen molar-refractivity contribution >= 4 is 17.4 Å². The normalized spacial score (nSPS) is 23.4. The molecule has 2 aliphatic carbocycles. The smallest absolute Gasteiger partial charge is 0.255 e. The monoisotopic (exact) mass is 540 g/mol. The lowest BCUT2D eigenvalue weighted by Gasteiger charge is -2.32. The van der Waals surface area contributed by atoms with Crippen molar-refractivity contribution in [1.82, 2.24) is 20.9 Å². The van der Waals surface area contributed by atoms with Crippen LogP contribution in [0.2, 0.25) is 0 Å². The summed E-state index contributed by atoms with van der Waals surface area (Å²) in [7, 11) is 1.43. The molecule has 3 aliphatic rings. The van der Waals surface area contributed by atoms with Gasteiger partial charge in [0.15, 0.2) is 11.6 Å². The van der Waals surface area contributed by atoms with Crippen molar-refractivity contribution in [2.24, 2.45) is 5.92 Å². The summed E-state index contributed by atoms with van der Waals surface area (Å²) in [4.78, 5) is 28.5. The summed E-state index contributed by atoms with van der Waals surface area (Å²) >= 11 is 0. The van der Waals surface area contributed by atoms with Crippen LogP contribution in [0, 0.1) is 11.7 Å². The molecular weight excluding hydrogens is 503 g/mol. The molecule has 0 spiro atoms. The van der Waals surface area contributed by atoms with E-state index in [2.05, 4.69) is 20.9 Å². The number of ether oxygens (including phenoxy) is 2. The highest BCUT2D eigenvalue weighted by Crippen LogP contribution is 2.41. The Morgan fingerprint density at radius 3 is 2.41 bits per heavy atom. The van der Waals surface area contributed by atoms with Crippen LogP contribution in [0.3, 0.4) is 0 Å². The van der Waals surface area contributed by atoms with E-state index >= 15 is 0 Å². The van der Waals surface area contributed by atoms with Gasteiger partial charge in [0.1, 0.15) is 11.9 Å². The zero-order chi connectivity index (χ0) is 27.7. The molecule has 1 aromatic heterocycles. The zero-order valence-corrected chi connectivity index (χ0v) is 22.6. The molecule has 9 nitrogen and oxygen atoms in total. The molecule has 2 heterocycles. The Hall–Kier alpha value is -3.53. The molecule has 1 aromatic carbocycles. The molecule has 39 heavy (non-hydrogen) atoms. The molecule has 0 saturated heterocycles. The summed E-state index contributed by atoms with van der Waals surface area (Å²) < 4.78 is 26.2. The maximum Gasteiger partial charge on any atom is 0.255 e. The molecular formula is C29H37FN4O5. The Kier molecular flexibility index (Phi) is 7.83. The third kappa shape index (κ3) is 5.90. The predicted octanol–water partition coefficient (Wildman–Crippen LogP) is 3.30. The molecule has 1 aliphatic heterocycles. The van der Waals surface area contributed by atoms with Crippen LogP contribution in [0.25, 0.3) is 5.57 Å². The van der Waals surface area contributed by atoms with Gasteiger partial charge in [-0.05, 0) is 70.4 Å².